The molecule has 0 radical (unpaired) electrons. The van der Waals surface area contributed by atoms with E-state index in [9.17, 15) is 0 Å². The molecule has 2 N–H and O–H groups in total. The lowest BCUT2D eigenvalue weighted by Crippen LogP contribution is -2.08. The first-order valence-corrected chi connectivity index (χ1v) is 6.91. The molecular weight excluding hydrogens is 246 g/mol. The maximum Gasteiger partial charge on any atom is 0.112 e. The van der Waals surface area contributed by atoms with Gasteiger partial charge in [0.25, 0.3) is 0 Å². The highest BCUT2D eigenvalue weighted by Gasteiger charge is 2.15. The van der Waals surface area contributed by atoms with E-state index in [1.165, 1.54) is 0 Å². The van der Waals surface area contributed by atoms with E-state index in [1.807, 2.05) is 18.2 Å². The zero-order valence-electron chi connectivity index (χ0n) is 11.0. The van der Waals surface area contributed by atoms with Crippen molar-refractivity contribution < 1.29 is 0 Å². The highest BCUT2D eigenvalue weighted by molar-refractivity contribution is 6.31. The Balaban J connectivity index is 2.43. The van der Waals surface area contributed by atoms with Crippen LogP contribution in [0.1, 0.15) is 38.4 Å². The van der Waals surface area contributed by atoms with Gasteiger partial charge in [-0.1, -0.05) is 18.5 Å². The van der Waals surface area contributed by atoms with Crippen molar-refractivity contribution in [3.63, 3.8) is 0 Å². The maximum absolute atomic E-state index is 6.06. The average molecular weight is 266 g/mol. The summed E-state index contributed by atoms with van der Waals surface area (Å²) in [6.45, 7) is 6.01. The van der Waals surface area contributed by atoms with E-state index in [0.29, 0.717) is 5.92 Å². The molecule has 2 rings (SSSR count). The first-order valence-electron chi connectivity index (χ1n) is 6.53. The first kappa shape index (κ1) is 13.4. The molecule has 0 bridgehead atoms. The van der Waals surface area contributed by atoms with Gasteiger partial charge in [0.15, 0.2) is 0 Å². The van der Waals surface area contributed by atoms with Gasteiger partial charge in [0, 0.05) is 17.5 Å². The van der Waals surface area contributed by atoms with E-state index >= 15 is 0 Å². The van der Waals surface area contributed by atoms with Gasteiger partial charge in [-0.25, -0.2) is 4.98 Å². The van der Waals surface area contributed by atoms with Crippen molar-refractivity contribution >= 4 is 22.6 Å². The summed E-state index contributed by atoms with van der Waals surface area (Å²) in [6.07, 6.45) is 2.11. The molecule has 98 valence electrons. The number of aryl methyl sites for hydroxylation is 1. The van der Waals surface area contributed by atoms with Crippen LogP contribution in [0.25, 0.3) is 11.0 Å². The summed E-state index contributed by atoms with van der Waals surface area (Å²) in [5.74, 6) is 1.57. The molecule has 0 amide bonds. The topological polar surface area (TPSA) is 43.8 Å². The molecule has 1 unspecified atom stereocenters. The number of halogens is 1. The van der Waals surface area contributed by atoms with Gasteiger partial charge in [-0.2, -0.15) is 0 Å². The number of benzene rings is 1. The molecule has 0 saturated carbocycles. The highest BCUT2D eigenvalue weighted by atomic mass is 35.5. The monoisotopic (exact) mass is 265 g/mol. The Hall–Kier alpha value is -1.06. The van der Waals surface area contributed by atoms with Crippen molar-refractivity contribution in [1.29, 1.82) is 0 Å². The van der Waals surface area contributed by atoms with Crippen LogP contribution < -0.4 is 5.73 Å². The Morgan fingerprint density at radius 3 is 2.89 bits per heavy atom. The Labute approximate surface area is 113 Å². The fourth-order valence-corrected chi connectivity index (χ4v) is 2.54. The lowest BCUT2D eigenvalue weighted by molar-refractivity contribution is 0.574. The Morgan fingerprint density at radius 1 is 1.44 bits per heavy atom. The summed E-state index contributed by atoms with van der Waals surface area (Å²) in [5.41, 5.74) is 7.72. The number of aromatic nitrogens is 2. The van der Waals surface area contributed by atoms with E-state index in [0.717, 1.165) is 47.8 Å². The molecule has 1 heterocycles. The van der Waals surface area contributed by atoms with Crippen molar-refractivity contribution in [2.75, 3.05) is 6.54 Å². The first-order chi connectivity index (χ1) is 8.67. The second-order valence-electron chi connectivity index (χ2n) is 4.68. The average Bonchev–Trinajstić information content (AvgIpc) is 2.73. The van der Waals surface area contributed by atoms with Crippen LogP contribution in [0.15, 0.2) is 18.2 Å². The van der Waals surface area contributed by atoms with Gasteiger partial charge in [0.2, 0.25) is 0 Å². The van der Waals surface area contributed by atoms with Crippen LogP contribution in [0.5, 0.6) is 0 Å². The van der Waals surface area contributed by atoms with Gasteiger partial charge in [0.1, 0.15) is 5.82 Å². The molecular formula is C14H20ClN3. The van der Waals surface area contributed by atoms with E-state index < -0.39 is 0 Å². The third kappa shape index (κ3) is 2.52. The van der Waals surface area contributed by atoms with Gasteiger partial charge >= 0.3 is 0 Å². The maximum atomic E-state index is 6.06. The Morgan fingerprint density at radius 2 is 2.22 bits per heavy atom. The molecule has 0 aliphatic heterocycles. The molecule has 1 aromatic heterocycles. The predicted octanol–water partition coefficient (Wildman–Crippen LogP) is 3.55. The summed E-state index contributed by atoms with van der Waals surface area (Å²) in [6, 6.07) is 5.88. The van der Waals surface area contributed by atoms with Crippen LogP contribution in [0.3, 0.4) is 0 Å². The predicted molar refractivity (Wildman–Crippen MR) is 77.1 cm³/mol. The molecule has 0 aliphatic rings. The molecule has 3 nitrogen and oxygen atoms in total. The van der Waals surface area contributed by atoms with Gasteiger partial charge in [-0.05, 0) is 44.5 Å². The van der Waals surface area contributed by atoms with Crippen LogP contribution in [-0.4, -0.2) is 16.1 Å². The number of hydrogen-bond donors (Lipinski definition) is 1. The summed E-state index contributed by atoms with van der Waals surface area (Å²) >= 11 is 6.06. The molecule has 0 fully saturated rings. The number of rotatable bonds is 5. The molecule has 1 atom stereocenters. The van der Waals surface area contributed by atoms with Gasteiger partial charge in [-0.15, -0.1) is 0 Å². The Kier molecular flexibility index (Phi) is 4.25. The summed E-state index contributed by atoms with van der Waals surface area (Å²) in [7, 11) is 0. The quantitative estimate of drug-likeness (QED) is 0.898. The lowest BCUT2D eigenvalue weighted by atomic mass is 10.1. The van der Waals surface area contributed by atoms with E-state index in [4.69, 9.17) is 22.3 Å². The molecule has 0 spiro atoms. The van der Waals surface area contributed by atoms with Crippen molar-refractivity contribution in [3.8, 4) is 0 Å². The number of nitrogens with zero attached hydrogens (tertiary/aromatic N) is 2. The standard InChI is InChI=1S/C14H20ClN3/c1-3-18-13-9-11(15)6-7-12(13)17-14(18)10(2)5-4-8-16/h6-7,9-10H,3-5,8,16H2,1-2H3. The normalized spacial score (nSPS) is 13.1. The largest absolute Gasteiger partial charge is 0.330 e. The number of imidazole rings is 1. The lowest BCUT2D eigenvalue weighted by Gasteiger charge is -2.12. The van der Waals surface area contributed by atoms with Crippen molar-refractivity contribution in [2.45, 2.75) is 39.2 Å². The van der Waals surface area contributed by atoms with Crippen molar-refractivity contribution in [3.05, 3.63) is 29.0 Å². The zero-order chi connectivity index (χ0) is 13.1. The second kappa shape index (κ2) is 5.72. The van der Waals surface area contributed by atoms with Crippen LogP contribution in [0, 0.1) is 0 Å². The number of hydrogen-bond acceptors (Lipinski definition) is 2. The minimum absolute atomic E-state index is 0.430. The van der Waals surface area contributed by atoms with Gasteiger partial charge in [-0.3, -0.25) is 0 Å². The van der Waals surface area contributed by atoms with Crippen LogP contribution in [0.2, 0.25) is 5.02 Å². The SMILES string of the molecule is CCn1c(C(C)CCCN)nc2ccc(Cl)cc21. The number of nitrogens with two attached hydrogens (primary N) is 1. The molecule has 18 heavy (non-hydrogen) atoms. The Bertz CT molecular complexity index is 533. The fourth-order valence-electron chi connectivity index (χ4n) is 2.38. The third-order valence-electron chi connectivity index (χ3n) is 3.34. The minimum Gasteiger partial charge on any atom is -0.330 e. The second-order valence-corrected chi connectivity index (χ2v) is 5.12. The van der Waals surface area contributed by atoms with Gasteiger partial charge in [0.05, 0.1) is 11.0 Å². The molecule has 1 aromatic carbocycles. The minimum atomic E-state index is 0.430. The third-order valence-corrected chi connectivity index (χ3v) is 3.57. The van der Waals surface area contributed by atoms with E-state index in [1.54, 1.807) is 0 Å². The van der Waals surface area contributed by atoms with E-state index in [2.05, 4.69) is 18.4 Å². The molecule has 2 aromatic rings. The summed E-state index contributed by atoms with van der Waals surface area (Å²) < 4.78 is 2.25. The summed E-state index contributed by atoms with van der Waals surface area (Å²) in [4.78, 5) is 4.74. The zero-order valence-corrected chi connectivity index (χ0v) is 11.7. The number of fused-ring (bicyclic) bond motifs is 1. The van der Waals surface area contributed by atoms with E-state index in [-0.39, 0.29) is 0 Å². The smallest absolute Gasteiger partial charge is 0.112 e. The van der Waals surface area contributed by atoms with Crippen molar-refractivity contribution in [2.24, 2.45) is 5.73 Å². The summed E-state index contributed by atoms with van der Waals surface area (Å²) in [5, 5.41) is 0.762. The fraction of sp³-hybridized carbons (Fsp3) is 0.500. The van der Waals surface area contributed by atoms with Crippen LogP contribution >= 0.6 is 11.6 Å². The molecule has 4 heteroatoms. The van der Waals surface area contributed by atoms with Crippen LogP contribution in [0.4, 0.5) is 0 Å². The van der Waals surface area contributed by atoms with Crippen molar-refractivity contribution in [1.82, 2.24) is 9.55 Å². The molecule has 0 saturated heterocycles. The molecule has 0 aliphatic carbocycles. The van der Waals surface area contributed by atoms with Gasteiger partial charge < -0.3 is 10.3 Å². The van der Waals surface area contributed by atoms with Crippen LogP contribution in [-0.2, 0) is 6.54 Å². The highest BCUT2D eigenvalue weighted by Crippen LogP contribution is 2.26.